The molecular weight excluding hydrogens is 156 g/mol. The summed E-state index contributed by atoms with van der Waals surface area (Å²) in [6, 6.07) is 0. The van der Waals surface area contributed by atoms with E-state index in [0.29, 0.717) is 0 Å². The van der Waals surface area contributed by atoms with Crippen molar-refractivity contribution in [2.24, 2.45) is 20.8 Å². The Labute approximate surface area is 61.2 Å². The fourth-order valence-corrected chi connectivity index (χ4v) is 0.159. The fourth-order valence-electron chi connectivity index (χ4n) is 0.159. The maximum atomic E-state index is 7.48. The molecule has 0 aromatic carbocycles. The van der Waals surface area contributed by atoms with E-state index in [-0.39, 0.29) is 6.54 Å². The molecule has 1 N–H and O–H groups in total. The van der Waals surface area contributed by atoms with Crippen molar-refractivity contribution in [1.29, 1.82) is 0 Å². The van der Waals surface area contributed by atoms with E-state index in [9.17, 15) is 0 Å². The van der Waals surface area contributed by atoms with E-state index in [1.807, 2.05) is 0 Å². The Morgan fingerprint density at radius 1 is 1.45 bits per heavy atom. The largest absolute Gasteiger partial charge is 0.218 e. The Morgan fingerprint density at radius 2 is 2.27 bits per heavy atom. The van der Waals surface area contributed by atoms with Crippen LogP contribution in [-0.2, 0) is 15.1 Å². The van der Waals surface area contributed by atoms with E-state index < -0.39 is 0 Å². The second-order valence-corrected chi connectivity index (χ2v) is 0.981. The summed E-state index contributed by atoms with van der Waals surface area (Å²) in [6.07, 6.45) is 4.81. The predicted molar refractivity (Wildman–Crippen MR) is 29.3 cm³/mol. The molecule has 8 nitrogen and oxygen atoms in total. The minimum atomic E-state index is 0.0936. The second-order valence-electron chi connectivity index (χ2n) is 0.981. The Balaban J connectivity index is 3.23. The molecule has 0 aliphatic carbocycles. The minimum Gasteiger partial charge on any atom is -0.218 e. The zero-order chi connectivity index (χ0) is 8.36. The van der Waals surface area contributed by atoms with Crippen LogP contribution in [0.25, 0.3) is 0 Å². The molecule has 0 atom stereocenters. The molecule has 0 aromatic rings. The molecule has 11 heavy (non-hydrogen) atoms. The van der Waals surface area contributed by atoms with Crippen LogP contribution in [0.15, 0.2) is 20.8 Å². The topological polar surface area (TPSA) is 97.4 Å². The molecule has 0 radical (unpaired) electrons. The first-order valence-electron chi connectivity index (χ1n) is 2.26. The van der Waals surface area contributed by atoms with Crippen molar-refractivity contribution in [1.82, 2.24) is 0 Å². The molecule has 0 fully saturated rings. The lowest BCUT2D eigenvalue weighted by molar-refractivity contribution is -0.626. The molecule has 0 amide bonds. The summed E-state index contributed by atoms with van der Waals surface area (Å²) in [5, 5.41) is 25.8. The van der Waals surface area contributed by atoms with Gasteiger partial charge in [0, 0.05) is 10.3 Å². The fraction of sp³-hybridized carbons (Fsp3) is 0.333. The van der Waals surface area contributed by atoms with Crippen molar-refractivity contribution in [3.8, 4) is 12.3 Å². The maximum Gasteiger partial charge on any atom is 0.123 e. The van der Waals surface area contributed by atoms with Crippen molar-refractivity contribution in [2.45, 2.75) is 0 Å². The molecule has 0 spiro atoms. The van der Waals surface area contributed by atoms with Crippen LogP contribution in [0.4, 0.5) is 0 Å². The van der Waals surface area contributed by atoms with Crippen LogP contribution in [0.5, 0.6) is 0 Å². The van der Waals surface area contributed by atoms with Gasteiger partial charge in [-0.1, -0.05) is 5.92 Å². The van der Waals surface area contributed by atoms with Gasteiger partial charge in [-0.25, -0.2) is 5.26 Å². The molecule has 0 aliphatic rings. The molecule has 0 saturated carbocycles. The quantitative estimate of drug-likeness (QED) is 0.210. The lowest BCUT2D eigenvalue weighted by Crippen LogP contribution is -1.83. The lowest BCUT2D eigenvalue weighted by atomic mass is 10.7. The third-order valence-electron chi connectivity index (χ3n) is 0.396. The average Bonchev–Trinajstić information content (AvgIpc) is 2.03. The Morgan fingerprint density at radius 3 is 2.91 bits per heavy atom. The second kappa shape index (κ2) is 8.44. The normalized spacial score (nSPS) is 10.5. The zero-order valence-electron chi connectivity index (χ0n) is 5.25. The minimum absolute atomic E-state index is 0.0936. The molecular formula is C3H4N4O4. The zero-order valence-corrected chi connectivity index (χ0v) is 5.25. The Bertz CT molecular complexity index is 173. The van der Waals surface area contributed by atoms with Gasteiger partial charge in [-0.15, -0.1) is 6.42 Å². The monoisotopic (exact) mass is 160 g/mol. The average molecular weight is 160 g/mol. The molecule has 0 rings (SSSR count). The lowest BCUT2D eigenvalue weighted by Gasteiger charge is -1.83. The number of rotatable bonds is 5. The van der Waals surface area contributed by atoms with E-state index in [1.165, 1.54) is 0 Å². The molecule has 60 valence electrons. The van der Waals surface area contributed by atoms with Gasteiger partial charge in [0.1, 0.15) is 6.54 Å². The highest BCUT2D eigenvalue weighted by Gasteiger charge is 1.77. The number of hydrogen-bond donors (Lipinski definition) is 1. The first-order valence-corrected chi connectivity index (χ1v) is 2.26. The maximum absolute atomic E-state index is 7.48. The van der Waals surface area contributed by atoms with Crippen molar-refractivity contribution >= 4 is 0 Å². The number of hydrogen-bond acceptors (Lipinski definition) is 6. The van der Waals surface area contributed by atoms with Crippen LogP contribution in [-0.4, -0.2) is 11.8 Å². The van der Waals surface area contributed by atoms with Crippen LogP contribution >= 0.6 is 0 Å². The van der Waals surface area contributed by atoms with Crippen LogP contribution in [0.3, 0.4) is 0 Å². The first kappa shape index (κ1) is 9.44. The molecule has 0 heterocycles. The number of terminal acetylenes is 1. The molecule has 0 unspecified atom stereocenters. The van der Waals surface area contributed by atoms with Gasteiger partial charge in [0.25, 0.3) is 0 Å². The van der Waals surface area contributed by atoms with Gasteiger partial charge < -0.3 is 0 Å². The van der Waals surface area contributed by atoms with Gasteiger partial charge in [-0.3, -0.25) is 0 Å². The Kier molecular flexibility index (Phi) is 7.24. The third-order valence-corrected chi connectivity index (χ3v) is 0.396. The van der Waals surface area contributed by atoms with Crippen LogP contribution < -0.4 is 0 Å². The smallest absolute Gasteiger partial charge is 0.123 e. The van der Waals surface area contributed by atoms with Gasteiger partial charge in [0.15, 0.2) is 0 Å². The summed E-state index contributed by atoms with van der Waals surface area (Å²) in [5.41, 5.74) is 0. The molecule has 8 heteroatoms. The summed E-state index contributed by atoms with van der Waals surface area (Å²) >= 11 is 0. The predicted octanol–water partition coefficient (Wildman–Crippen LogP) is 0.707. The summed E-state index contributed by atoms with van der Waals surface area (Å²) in [6.45, 7) is 0.0936. The van der Waals surface area contributed by atoms with E-state index in [2.05, 4.69) is 41.8 Å². The van der Waals surface area contributed by atoms with Gasteiger partial charge in [0.05, 0.1) is 5.28 Å². The van der Waals surface area contributed by atoms with Crippen molar-refractivity contribution < 1.29 is 20.3 Å². The van der Waals surface area contributed by atoms with Gasteiger partial charge in [0.2, 0.25) is 0 Å². The first-order chi connectivity index (χ1) is 5.41. The summed E-state index contributed by atoms with van der Waals surface area (Å²) < 4.78 is 0. The van der Waals surface area contributed by atoms with Crippen LogP contribution in [0, 0.1) is 12.3 Å². The third kappa shape index (κ3) is 8.44. The highest BCUT2D eigenvalue weighted by molar-refractivity contribution is 4.85. The van der Waals surface area contributed by atoms with Crippen LogP contribution in [0.1, 0.15) is 0 Å². The van der Waals surface area contributed by atoms with Crippen molar-refractivity contribution in [3.05, 3.63) is 0 Å². The van der Waals surface area contributed by atoms with E-state index >= 15 is 0 Å². The molecule has 0 bridgehead atoms. The van der Waals surface area contributed by atoms with Crippen molar-refractivity contribution in [2.75, 3.05) is 6.54 Å². The SMILES string of the molecule is C#CC/N=N/N=N/OOOO. The van der Waals surface area contributed by atoms with E-state index in [4.69, 9.17) is 11.7 Å². The van der Waals surface area contributed by atoms with Gasteiger partial charge in [-0.05, 0) is 10.3 Å². The summed E-state index contributed by atoms with van der Waals surface area (Å²) in [4.78, 5) is 3.64. The Hall–Kier alpha value is -1.56. The van der Waals surface area contributed by atoms with E-state index in [1.54, 1.807) is 0 Å². The van der Waals surface area contributed by atoms with E-state index in [0.717, 1.165) is 0 Å². The number of nitrogens with zero attached hydrogens (tertiary/aromatic N) is 4. The van der Waals surface area contributed by atoms with Crippen LogP contribution in [0.2, 0.25) is 0 Å². The highest BCUT2D eigenvalue weighted by Crippen LogP contribution is 1.83. The standard InChI is InChI=1S/C3H4N4O4/c1-2-3-4-5-6-7-9-11-10-8/h1,8H,3H2/b5-4+,7-6+. The molecule has 0 aromatic heterocycles. The van der Waals surface area contributed by atoms with Gasteiger partial charge >= 0.3 is 0 Å². The van der Waals surface area contributed by atoms with Gasteiger partial charge in [-0.2, -0.15) is 10.1 Å². The summed E-state index contributed by atoms with van der Waals surface area (Å²) in [5.74, 6) is 2.17. The highest BCUT2D eigenvalue weighted by atomic mass is 17.7. The summed E-state index contributed by atoms with van der Waals surface area (Å²) in [7, 11) is 0. The molecule has 0 aliphatic heterocycles. The van der Waals surface area contributed by atoms with Crippen molar-refractivity contribution in [3.63, 3.8) is 0 Å². The molecule has 0 saturated heterocycles.